The molecule has 144 valence electrons. The van der Waals surface area contributed by atoms with Crippen molar-refractivity contribution in [3.8, 4) is 5.75 Å². The molecule has 0 bridgehead atoms. The number of anilines is 1. The number of nitrogens with zero attached hydrogens (tertiary/aromatic N) is 4. The third-order valence-corrected chi connectivity index (χ3v) is 5.80. The van der Waals surface area contributed by atoms with Crippen LogP contribution in [-0.2, 0) is 6.61 Å². The molecule has 0 atom stereocenters. The predicted octanol–water partition coefficient (Wildman–Crippen LogP) is 3.39. The Morgan fingerprint density at radius 1 is 1.07 bits per heavy atom. The van der Waals surface area contributed by atoms with Crippen LogP contribution in [0.5, 0.6) is 5.75 Å². The number of amides is 1. The number of pyridine rings is 1. The summed E-state index contributed by atoms with van der Waals surface area (Å²) in [6.07, 6.45) is 1.80. The quantitative estimate of drug-likeness (QED) is 0.664. The largest absolute Gasteiger partial charge is 0.486 e. The highest BCUT2D eigenvalue weighted by molar-refractivity contribution is 7.13. The van der Waals surface area contributed by atoms with Crippen LogP contribution in [0.15, 0.2) is 54.7 Å². The highest BCUT2D eigenvalue weighted by Gasteiger charge is 2.26. The van der Waals surface area contributed by atoms with Crippen LogP contribution in [0.3, 0.4) is 0 Å². The first-order valence-corrected chi connectivity index (χ1v) is 10.1. The van der Waals surface area contributed by atoms with Crippen LogP contribution in [-0.4, -0.2) is 47.0 Å². The number of thiazole rings is 1. The van der Waals surface area contributed by atoms with Gasteiger partial charge < -0.3 is 14.5 Å². The number of hydrogen-bond acceptors (Lipinski definition) is 6. The molecule has 6 nitrogen and oxygen atoms in total. The van der Waals surface area contributed by atoms with Gasteiger partial charge in [-0.2, -0.15) is 0 Å². The monoisotopic (exact) mass is 394 g/mol. The van der Waals surface area contributed by atoms with E-state index < -0.39 is 0 Å². The lowest BCUT2D eigenvalue weighted by molar-refractivity contribution is 0.0750. The summed E-state index contributed by atoms with van der Waals surface area (Å²) in [4.78, 5) is 26.7. The molecular formula is C21H22N4O2S. The summed E-state index contributed by atoms with van der Waals surface area (Å²) in [7, 11) is 0. The van der Waals surface area contributed by atoms with Gasteiger partial charge in [0.1, 0.15) is 28.1 Å². The first-order valence-electron chi connectivity index (χ1n) is 9.30. The van der Waals surface area contributed by atoms with Crippen molar-refractivity contribution in [1.29, 1.82) is 0 Å². The van der Waals surface area contributed by atoms with Gasteiger partial charge in [0, 0.05) is 32.4 Å². The number of carbonyl (C=O) groups is 1. The minimum atomic E-state index is 0.0571. The Kier molecular flexibility index (Phi) is 5.53. The van der Waals surface area contributed by atoms with Crippen LogP contribution in [0, 0.1) is 6.92 Å². The summed E-state index contributed by atoms with van der Waals surface area (Å²) in [5, 5.41) is 0.817. The summed E-state index contributed by atoms with van der Waals surface area (Å²) in [6.45, 7) is 5.19. The van der Waals surface area contributed by atoms with E-state index in [4.69, 9.17) is 4.74 Å². The van der Waals surface area contributed by atoms with Crippen molar-refractivity contribution in [2.75, 3.05) is 31.1 Å². The Morgan fingerprint density at radius 2 is 1.82 bits per heavy atom. The fraction of sp³-hybridized carbons (Fsp3) is 0.286. The maximum absolute atomic E-state index is 13.0. The Labute approximate surface area is 168 Å². The second-order valence-electron chi connectivity index (χ2n) is 6.59. The number of para-hydroxylation sites is 1. The van der Waals surface area contributed by atoms with Crippen LogP contribution in [0.2, 0.25) is 0 Å². The number of carbonyl (C=O) groups excluding carboxylic acids is 1. The molecular weight excluding hydrogens is 372 g/mol. The molecule has 1 amide bonds. The van der Waals surface area contributed by atoms with Gasteiger partial charge in [-0.15, -0.1) is 11.3 Å². The van der Waals surface area contributed by atoms with Crippen molar-refractivity contribution >= 4 is 23.1 Å². The maximum Gasteiger partial charge on any atom is 0.265 e. The fourth-order valence-corrected chi connectivity index (χ4v) is 4.14. The fourth-order valence-electron chi connectivity index (χ4n) is 3.20. The molecule has 0 aliphatic carbocycles. The van der Waals surface area contributed by atoms with E-state index in [-0.39, 0.29) is 5.91 Å². The van der Waals surface area contributed by atoms with E-state index in [1.807, 2.05) is 60.4 Å². The SMILES string of the molecule is Cc1nc(COc2ccccc2)sc1C(=O)N1CCN(c2ccccn2)CC1. The minimum absolute atomic E-state index is 0.0571. The number of aryl methyl sites for hydroxylation is 1. The molecule has 3 heterocycles. The Bertz CT molecular complexity index is 922. The van der Waals surface area contributed by atoms with Gasteiger partial charge in [0.2, 0.25) is 0 Å². The first kappa shape index (κ1) is 18.4. The highest BCUT2D eigenvalue weighted by atomic mass is 32.1. The summed E-state index contributed by atoms with van der Waals surface area (Å²) in [6, 6.07) is 15.5. The molecule has 1 fully saturated rings. The number of aromatic nitrogens is 2. The Morgan fingerprint density at radius 3 is 2.54 bits per heavy atom. The van der Waals surface area contributed by atoms with E-state index in [9.17, 15) is 4.79 Å². The molecule has 0 unspecified atom stereocenters. The van der Waals surface area contributed by atoms with E-state index in [0.717, 1.165) is 35.4 Å². The van der Waals surface area contributed by atoms with Crippen LogP contribution >= 0.6 is 11.3 Å². The van der Waals surface area contributed by atoms with E-state index in [1.54, 1.807) is 6.20 Å². The zero-order valence-electron chi connectivity index (χ0n) is 15.7. The lowest BCUT2D eigenvalue weighted by Gasteiger charge is -2.35. The number of benzene rings is 1. The molecule has 0 saturated carbocycles. The van der Waals surface area contributed by atoms with E-state index in [0.29, 0.717) is 24.6 Å². The van der Waals surface area contributed by atoms with Gasteiger partial charge in [-0.25, -0.2) is 9.97 Å². The Hall–Kier alpha value is -2.93. The zero-order chi connectivity index (χ0) is 19.3. The van der Waals surface area contributed by atoms with E-state index >= 15 is 0 Å². The molecule has 1 saturated heterocycles. The van der Waals surface area contributed by atoms with Crippen molar-refractivity contribution < 1.29 is 9.53 Å². The second-order valence-corrected chi connectivity index (χ2v) is 7.67. The van der Waals surface area contributed by atoms with Gasteiger partial charge in [0.05, 0.1) is 5.69 Å². The minimum Gasteiger partial charge on any atom is -0.486 e. The smallest absolute Gasteiger partial charge is 0.265 e. The third-order valence-electron chi connectivity index (χ3n) is 4.68. The third kappa shape index (κ3) is 4.14. The van der Waals surface area contributed by atoms with Crippen molar-refractivity contribution in [3.05, 3.63) is 70.3 Å². The number of rotatable bonds is 5. The summed E-state index contributed by atoms with van der Waals surface area (Å²) < 4.78 is 5.76. The van der Waals surface area contributed by atoms with Crippen LogP contribution in [0.25, 0.3) is 0 Å². The lowest BCUT2D eigenvalue weighted by atomic mass is 10.2. The highest BCUT2D eigenvalue weighted by Crippen LogP contribution is 2.23. The molecule has 28 heavy (non-hydrogen) atoms. The second kappa shape index (κ2) is 8.39. The molecule has 7 heteroatoms. The molecule has 4 rings (SSSR count). The number of ether oxygens (including phenoxy) is 1. The predicted molar refractivity (Wildman–Crippen MR) is 110 cm³/mol. The topological polar surface area (TPSA) is 58.6 Å². The molecule has 3 aromatic rings. The van der Waals surface area contributed by atoms with Crippen molar-refractivity contribution in [1.82, 2.24) is 14.9 Å². The van der Waals surface area contributed by atoms with Crippen molar-refractivity contribution in [3.63, 3.8) is 0 Å². The zero-order valence-corrected chi connectivity index (χ0v) is 16.6. The molecule has 0 N–H and O–H groups in total. The van der Waals surface area contributed by atoms with Crippen molar-refractivity contribution in [2.45, 2.75) is 13.5 Å². The van der Waals surface area contributed by atoms with E-state index in [2.05, 4.69) is 14.9 Å². The molecule has 0 spiro atoms. The van der Waals surface area contributed by atoms with Gasteiger partial charge in [-0.1, -0.05) is 24.3 Å². The van der Waals surface area contributed by atoms with Crippen LogP contribution < -0.4 is 9.64 Å². The summed E-state index contributed by atoms with van der Waals surface area (Å²) in [5.74, 6) is 1.82. The normalized spacial score (nSPS) is 14.2. The van der Waals surface area contributed by atoms with Gasteiger partial charge in [-0.05, 0) is 31.2 Å². The van der Waals surface area contributed by atoms with Gasteiger partial charge in [-0.3, -0.25) is 4.79 Å². The molecule has 1 aliphatic heterocycles. The average molecular weight is 395 g/mol. The average Bonchev–Trinajstić information content (AvgIpc) is 3.14. The molecule has 1 aromatic carbocycles. The Balaban J connectivity index is 1.37. The molecule has 1 aliphatic rings. The maximum atomic E-state index is 13.0. The first-order chi connectivity index (χ1) is 13.7. The van der Waals surface area contributed by atoms with Gasteiger partial charge in [0.15, 0.2) is 0 Å². The molecule has 0 radical (unpaired) electrons. The lowest BCUT2D eigenvalue weighted by Crippen LogP contribution is -2.49. The van der Waals surface area contributed by atoms with E-state index in [1.165, 1.54) is 11.3 Å². The van der Waals surface area contributed by atoms with Gasteiger partial charge in [0.25, 0.3) is 5.91 Å². The number of piperazine rings is 1. The summed E-state index contributed by atoms with van der Waals surface area (Å²) >= 11 is 1.42. The standard InChI is InChI=1S/C21H22N4O2S/c1-16-20(28-19(23-16)15-27-17-7-3-2-4-8-17)21(26)25-13-11-24(12-14-25)18-9-5-6-10-22-18/h2-10H,11-15H2,1H3. The van der Waals surface area contributed by atoms with Crippen molar-refractivity contribution in [2.24, 2.45) is 0 Å². The van der Waals surface area contributed by atoms with Gasteiger partial charge >= 0.3 is 0 Å². The summed E-state index contributed by atoms with van der Waals surface area (Å²) in [5.41, 5.74) is 0.772. The van der Waals surface area contributed by atoms with Crippen LogP contribution in [0.1, 0.15) is 20.4 Å². The molecule has 2 aromatic heterocycles. The number of hydrogen-bond donors (Lipinski definition) is 0. The van der Waals surface area contributed by atoms with Crippen LogP contribution in [0.4, 0.5) is 5.82 Å².